The van der Waals surface area contributed by atoms with Crippen LogP contribution in [0.15, 0.2) is 38.9 Å². The Morgan fingerprint density at radius 2 is 1.85 bits per heavy atom. The van der Waals surface area contributed by atoms with Gasteiger partial charge in [-0.05, 0) is 0 Å². The Kier molecular flexibility index (Phi) is 4.83. The lowest BCUT2D eigenvalue weighted by Gasteiger charge is -2.13. The molecule has 3 aromatic rings. The molecule has 0 aliphatic carbocycles. The van der Waals surface area contributed by atoms with E-state index in [1.807, 2.05) is 13.8 Å². The maximum Gasteiger partial charge on any atom is 0.332 e. The lowest BCUT2D eigenvalue weighted by Crippen LogP contribution is -2.37. The maximum absolute atomic E-state index is 12.7. The lowest BCUT2D eigenvalue weighted by atomic mass is 10.2. The van der Waals surface area contributed by atoms with Gasteiger partial charge in [-0.3, -0.25) is 24.0 Å². The van der Waals surface area contributed by atoms with E-state index in [1.165, 1.54) is 42.6 Å². The lowest BCUT2D eigenvalue weighted by molar-refractivity contribution is -0.384. The molecular weight excluding hydrogens is 370 g/mol. The van der Waals surface area contributed by atoms with Gasteiger partial charge >= 0.3 is 5.69 Å². The first-order chi connectivity index (χ1) is 12.7. The van der Waals surface area contributed by atoms with Gasteiger partial charge in [0, 0.05) is 37.0 Å². The molecule has 0 radical (unpaired) electrons. The molecule has 0 saturated heterocycles. The number of hydrogen-bond donors (Lipinski definition) is 0. The summed E-state index contributed by atoms with van der Waals surface area (Å²) in [6.07, 6.45) is 0. The van der Waals surface area contributed by atoms with E-state index in [9.17, 15) is 19.7 Å². The fourth-order valence-corrected chi connectivity index (χ4v) is 3.51. The summed E-state index contributed by atoms with van der Waals surface area (Å²) in [4.78, 5) is 44.4. The van der Waals surface area contributed by atoms with Gasteiger partial charge in [0.05, 0.1) is 4.92 Å². The third-order valence-corrected chi connectivity index (χ3v) is 4.92. The summed E-state index contributed by atoms with van der Waals surface area (Å²) in [5.41, 5.74) is -0.432. The largest absolute Gasteiger partial charge is 0.332 e. The zero-order valence-corrected chi connectivity index (χ0v) is 16.0. The van der Waals surface area contributed by atoms with Crippen molar-refractivity contribution in [1.82, 2.24) is 19.1 Å². The number of nitro benzene ring substituents is 1. The molecule has 0 aliphatic rings. The van der Waals surface area contributed by atoms with Crippen LogP contribution in [0.2, 0.25) is 0 Å². The molecule has 0 N–H and O–H groups in total. The van der Waals surface area contributed by atoms with Crippen LogP contribution in [-0.4, -0.2) is 29.3 Å². The molecule has 10 heteroatoms. The summed E-state index contributed by atoms with van der Waals surface area (Å²) in [5, 5.41) is 11.9. The normalized spacial score (nSPS) is 11.3. The van der Waals surface area contributed by atoms with Gasteiger partial charge in [-0.1, -0.05) is 26.0 Å². The molecule has 0 unspecified atom stereocenters. The van der Waals surface area contributed by atoms with Crippen LogP contribution in [0.1, 0.15) is 13.8 Å². The van der Waals surface area contributed by atoms with E-state index in [2.05, 4.69) is 9.97 Å². The summed E-state index contributed by atoms with van der Waals surface area (Å²) in [6.45, 7) is 3.91. The zero-order valence-electron chi connectivity index (χ0n) is 15.2. The SMILES string of the molecule is CC(C)Sc1nc(-c2cccc([N+](=O)[O-])c2)nc2c1c(=O)n(C)c(=O)n2C. The van der Waals surface area contributed by atoms with Crippen LogP contribution >= 0.6 is 11.8 Å². The minimum absolute atomic E-state index is 0.0906. The molecule has 0 spiro atoms. The Hall–Kier alpha value is -3.01. The minimum atomic E-state index is -0.503. The molecular formula is C17H17N5O4S. The second kappa shape index (κ2) is 6.95. The van der Waals surface area contributed by atoms with Crippen molar-refractivity contribution in [3.63, 3.8) is 0 Å². The van der Waals surface area contributed by atoms with E-state index in [1.54, 1.807) is 12.1 Å². The van der Waals surface area contributed by atoms with E-state index in [0.29, 0.717) is 10.6 Å². The fraction of sp³-hybridized carbons (Fsp3) is 0.294. The highest BCUT2D eigenvalue weighted by Crippen LogP contribution is 2.29. The van der Waals surface area contributed by atoms with Crippen molar-refractivity contribution in [2.24, 2.45) is 14.1 Å². The Morgan fingerprint density at radius 1 is 1.15 bits per heavy atom. The van der Waals surface area contributed by atoms with E-state index in [4.69, 9.17) is 0 Å². The average Bonchev–Trinajstić information content (AvgIpc) is 2.63. The number of non-ortho nitro benzene ring substituents is 1. The molecule has 0 bridgehead atoms. The molecule has 27 heavy (non-hydrogen) atoms. The number of fused-ring (bicyclic) bond motifs is 1. The summed E-state index contributed by atoms with van der Waals surface area (Å²) in [5.74, 6) is 0.220. The summed E-state index contributed by atoms with van der Waals surface area (Å²) >= 11 is 1.37. The van der Waals surface area contributed by atoms with E-state index >= 15 is 0 Å². The van der Waals surface area contributed by atoms with Crippen LogP contribution < -0.4 is 11.2 Å². The topological polar surface area (TPSA) is 113 Å². The molecule has 2 aromatic heterocycles. The van der Waals surface area contributed by atoms with Gasteiger partial charge in [0.15, 0.2) is 11.5 Å². The number of aromatic nitrogens is 4. The molecule has 0 saturated carbocycles. The van der Waals surface area contributed by atoms with Crippen LogP contribution in [0.4, 0.5) is 5.69 Å². The maximum atomic E-state index is 12.7. The second-order valence-electron chi connectivity index (χ2n) is 6.23. The number of nitro groups is 1. The molecule has 2 heterocycles. The Labute approximate surface area is 157 Å². The van der Waals surface area contributed by atoms with E-state index in [-0.39, 0.29) is 27.8 Å². The van der Waals surface area contributed by atoms with Gasteiger partial charge in [-0.25, -0.2) is 14.8 Å². The van der Waals surface area contributed by atoms with Gasteiger partial charge in [0.2, 0.25) is 0 Å². The predicted octanol–water partition coefficient (Wildman–Crippen LogP) is 2.10. The molecule has 0 atom stereocenters. The van der Waals surface area contributed by atoms with Gasteiger partial charge in [0.25, 0.3) is 11.2 Å². The van der Waals surface area contributed by atoms with Crippen LogP contribution in [0.3, 0.4) is 0 Å². The molecule has 9 nitrogen and oxygen atoms in total. The van der Waals surface area contributed by atoms with Gasteiger partial charge < -0.3 is 0 Å². The highest BCUT2D eigenvalue weighted by molar-refractivity contribution is 8.00. The first-order valence-electron chi connectivity index (χ1n) is 8.10. The van der Waals surface area contributed by atoms with Crippen molar-refractivity contribution in [2.45, 2.75) is 24.1 Å². The zero-order chi connectivity index (χ0) is 19.9. The third-order valence-electron chi connectivity index (χ3n) is 3.93. The monoisotopic (exact) mass is 387 g/mol. The van der Waals surface area contributed by atoms with E-state index in [0.717, 1.165) is 4.57 Å². The summed E-state index contributed by atoms with van der Waals surface area (Å²) in [7, 11) is 2.93. The molecule has 0 amide bonds. The fourth-order valence-electron chi connectivity index (χ4n) is 2.63. The Balaban J connectivity index is 2.40. The quantitative estimate of drug-likeness (QED) is 0.291. The van der Waals surface area contributed by atoms with Gasteiger partial charge in [-0.15, -0.1) is 11.8 Å². The van der Waals surface area contributed by atoms with Crippen molar-refractivity contribution in [2.75, 3.05) is 0 Å². The first kappa shape index (κ1) is 18.8. The van der Waals surface area contributed by atoms with Crippen molar-refractivity contribution in [3.8, 4) is 11.4 Å². The molecule has 0 aliphatic heterocycles. The number of nitrogens with zero attached hydrogens (tertiary/aromatic N) is 5. The average molecular weight is 387 g/mol. The highest BCUT2D eigenvalue weighted by atomic mass is 32.2. The standard InChI is InChI=1S/C17H17N5O4S/c1-9(2)27-15-12-14(20(3)17(24)21(4)16(12)23)18-13(19-15)10-6-5-7-11(8-10)22(25)26/h5-9H,1-4H3. The molecule has 0 fully saturated rings. The van der Waals surface area contributed by atoms with Crippen molar-refractivity contribution >= 4 is 28.5 Å². The molecule has 3 rings (SSSR count). The Bertz CT molecular complexity index is 1180. The van der Waals surface area contributed by atoms with Crippen LogP contribution in [0.5, 0.6) is 0 Å². The van der Waals surface area contributed by atoms with Crippen molar-refractivity contribution < 1.29 is 4.92 Å². The van der Waals surface area contributed by atoms with Gasteiger partial charge in [-0.2, -0.15) is 0 Å². The van der Waals surface area contributed by atoms with Crippen LogP contribution in [-0.2, 0) is 14.1 Å². The van der Waals surface area contributed by atoms with Crippen molar-refractivity contribution in [1.29, 1.82) is 0 Å². The third kappa shape index (κ3) is 3.35. The van der Waals surface area contributed by atoms with Crippen LogP contribution in [0, 0.1) is 10.1 Å². The van der Waals surface area contributed by atoms with Gasteiger partial charge in [0.1, 0.15) is 10.4 Å². The number of aryl methyl sites for hydroxylation is 1. The molecule has 140 valence electrons. The summed E-state index contributed by atoms with van der Waals surface area (Å²) in [6, 6.07) is 5.93. The first-order valence-corrected chi connectivity index (χ1v) is 8.98. The van der Waals surface area contributed by atoms with Crippen molar-refractivity contribution in [3.05, 3.63) is 55.2 Å². The highest BCUT2D eigenvalue weighted by Gasteiger charge is 2.19. The minimum Gasteiger partial charge on any atom is -0.280 e. The molecule has 1 aromatic carbocycles. The van der Waals surface area contributed by atoms with Crippen LogP contribution in [0.25, 0.3) is 22.4 Å². The smallest absolute Gasteiger partial charge is 0.280 e. The number of hydrogen-bond acceptors (Lipinski definition) is 7. The second-order valence-corrected chi connectivity index (χ2v) is 7.80. The predicted molar refractivity (Wildman–Crippen MR) is 103 cm³/mol. The number of rotatable bonds is 4. The number of thioether (sulfide) groups is 1. The van der Waals surface area contributed by atoms with E-state index < -0.39 is 16.2 Å². The Morgan fingerprint density at radius 3 is 2.48 bits per heavy atom. The number of benzene rings is 1. The summed E-state index contributed by atoms with van der Waals surface area (Å²) < 4.78 is 2.30.